The molecule has 3 nitrogen and oxygen atoms in total. The second kappa shape index (κ2) is 7.53. The van der Waals surface area contributed by atoms with Crippen molar-refractivity contribution in [2.24, 2.45) is 0 Å². The second-order valence-corrected chi connectivity index (χ2v) is 16.5. The Labute approximate surface area is 173 Å². The maximum atomic E-state index is 16.6. The first-order valence-electron chi connectivity index (χ1n) is 9.70. The number of hydrogen-bond acceptors (Lipinski definition) is 2. The molecule has 0 radical (unpaired) electrons. The third-order valence-electron chi connectivity index (χ3n) is 5.82. The summed E-state index contributed by atoms with van der Waals surface area (Å²) in [7, 11) is -5.93. The summed E-state index contributed by atoms with van der Waals surface area (Å²) >= 11 is -6.23. The molecule has 0 fully saturated rings. The molecular formula is C21H23F3IO3S-. The second-order valence-electron chi connectivity index (χ2n) is 7.66. The van der Waals surface area contributed by atoms with E-state index in [1.807, 2.05) is 0 Å². The maximum absolute atomic E-state index is 16.6. The predicted octanol–water partition coefficient (Wildman–Crippen LogP) is 1.97. The minimum absolute atomic E-state index is 0.268. The molecule has 0 unspecified atom stereocenters. The zero-order valence-corrected chi connectivity index (χ0v) is 18.8. The van der Waals surface area contributed by atoms with Gasteiger partial charge in [0.1, 0.15) is 0 Å². The first-order valence-corrected chi connectivity index (χ1v) is 15.2. The summed E-state index contributed by atoms with van der Waals surface area (Å²) in [6.45, 7) is 0. The number of fused-ring (bicyclic) bond motifs is 2. The number of benzene rings is 2. The fourth-order valence-corrected chi connectivity index (χ4v) is 13.1. The molecule has 8 heteroatoms. The number of halogens is 4. The quantitative estimate of drug-likeness (QED) is 0.368. The Morgan fingerprint density at radius 1 is 0.759 bits per heavy atom. The van der Waals surface area contributed by atoms with Gasteiger partial charge < -0.3 is 0 Å². The summed E-state index contributed by atoms with van der Waals surface area (Å²) < 4.78 is 73.9. The third kappa shape index (κ3) is 3.50. The molecule has 1 N–H and O–H groups in total. The molecule has 0 saturated heterocycles. The van der Waals surface area contributed by atoms with E-state index in [0.29, 0.717) is 12.8 Å². The molecule has 0 spiro atoms. The van der Waals surface area contributed by atoms with Gasteiger partial charge >= 0.3 is 174 Å². The van der Waals surface area contributed by atoms with E-state index in [2.05, 4.69) is 0 Å². The number of alkyl halides is 3. The molecule has 0 bridgehead atoms. The molecular weight excluding hydrogens is 516 g/mol. The zero-order chi connectivity index (χ0) is 20.9. The molecule has 2 aromatic carbocycles. The van der Waals surface area contributed by atoms with Crippen LogP contribution in [0.1, 0.15) is 47.9 Å². The summed E-state index contributed by atoms with van der Waals surface area (Å²) in [5.74, 6) is 0. The molecule has 0 aromatic heterocycles. The van der Waals surface area contributed by atoms with Crippen LogP contribution in [0, 0.1) is 7.14 Å². The number of hydrogen-bond donors (Lipinski definition) is 1. The minimum atomic E-state index is -6.23. The van der Waals surface area contributed by atoms with Crippen molar-refractivity contribution in [2.45, 2.75) is 54.6 Å². The van der Waals surface area contributed by atoms with Gasteiger partial charge in [0.25, 0.3) is 0 Å². The molecule has 0 amide bonds. The van der Waals surface area contributed by atoms with Crippen molar-refractivity contribution in [1.29, 1.82) is 0 Å². The van der Waals surface area contributed by atoms with Gasteiger partial charge in [0.2, 0.25) is 0 Å². The van der Waals surface area contributed by atoms with Gasteiger partial charge in [-0.15, -0.1) is 0 Å². The van der Waals surface area contributed by atoms with Crippen molar-refractivity contribution in [3.63, 3.8) is 0 Å². The Morgan fingerprint density at radius 3 is 1.52 bits per heavy atom. The van der Waals surface area contributed by atoms with Gasteiger partial charge in [0, 0.05) is 0 Å². The average molecular weight is 539 g/mol. The van der Waals surface area contributed by atoms with Crippen LogP contribution in [-0.4, -0.2) is 16.2 Å². The molecule has 2 aliphatic carbocycles. The van der Waals surface area contributed by atoms with Crippen molar-refractivity contribution in [3.05, 3.63) is 65.8 Å². The molecule has 2 aromatic rings. The van der Waals surface area contributed by atoms with E-state index in [9.17, 15) is 13.0 Å². The van der Waals surface area contributed by atoms with Crippen LogP contribution in [0.5, 0.6) is 0 Å². The Bertz CT molecular complexity index is 994. The van der Waals surface area contributed by atoms with E-state index in [0.717, 1.165) is 60.8 Å². The van der Waals surface area contributed by atoms with Crippen LogP contribution in [0.4, 0.5) is 11.6 Å². The summed E-state index contributed by atoms with van der Waals surface area (Å²) in [5.41, 5.74) is 3.57. The molecule has 0 saturated carbocycles. The van der Waals surface area contributed by atoms with Crippen LogP contribution in [0.15, 0.2) is 36.4 Å². The van der Waals surface area contributed by atoms with Crippen LogP contribution in [0.2, 0.25) is 0 Å². The Morgan fingerprint density at radius 2 is 1.14 bits per heavy atom. The van der Waals surface area contributed by atoms with Crippen molar-refractivity contribution in [1.82, 2.24) is 0 Å². The van der Waals surface area contributed by atoms with Gasteiger partial charge in [0.15, 0.2) is 0 Å². The summed E-state index contributed by atoms with van der Waals surface area (Å²) in [6, 6.07) is 8.73. The zero-order valence-electron chi connectivity index (χ0n) is 15.8. The summed E-state index contributed by atoms with van der Waals surface area (Å²) in [6.07, 6.45) is 6.65. The fourth-order valence-electron chi connectivity index (χ4n) is 4.24. The van der Waals surface area contributed by atoms with Gasteiger partial charge in [-0.25, -0.2) is 0 Å². The van der Waals surface area contributed by atoms with E-state index in [1.54, 1.807) is 12.1 Å². The van der Waals surface area contributed by atoms with Crippen molar-refractivity contribution in [3.8, 4) is 0 Å². The number of rotatable bonds is 4. The predicted molar refractivity (Wildman–Crippen MR) is 101 cm³/mol. The fraction of sp³-hybridized carbons (Fsp3) is 0.429. The van der Waals surface area contributed by atoms with Crippen LogP contribution in [-0.2, 0) is 35.8 Å². The van der Waals surface area contributed by atoms with Crippen molar-refractivity contribution >= 4 is 10.1 Å². The normalized spacial score (nSPS) is 18.1. The van der Waals surface area contributed by atoms with Gasteiger partial charge in [-0.3, -0.25) is 0 Å². The van der Waals surface area contributed by atoms with Crippen LogP contribution >= 0.6 is 0 Å². The molecule has 2 aliphatic rings. The van der Waals surface area contributed by atoms with Crippen molar-refractivity contribution in [2.75, 3.05) is 0 Å². The Kier molecular flexibility index (Phi) is 5.48. The van der Waals surface area contributed by atoms with Gasteiger partial charge in [-0.05, 0) is 0 Å². The number of aryl methyl sites for hydroxylation is 4. The molecule has 160 valence electrons. The van der Waals surface area contributed by atoms with E-state index >= 15 is 11.6 Å². The topological polar surface area (TPSA) is 54.4 Å². The third-order valence-corrected chi connectivity index (χ3v) is 16.0. The summed E-state index contributed by atoms with van der Waals surface area (Å²) in [4.78, 5) is 0. The van der Waals surface area contributed by atoms with Gasteiger partial charge in [-0.2, -0.15) is 0 Å². The van der Waals surface area contributed by atoms with Crippen molar-refractivity contribution < 1.29 is 43.6 Å². The molecule has 0 heterocycles. The van der Waals surface area contributed by atoms with Crippen LogP contribution < -0.4 is 19.0 Å². The average Bonchev–Trinajstić information content (AvgIpc) is 2.71. The standard InChI is InChI=1S/C21H23F3IO3S/c22-21(23,29(26,27)28)25(24,19-11-9-15-5-1-3-7-17(15)13-19)20-12-10-16-6-2-4-8-18(16)14-20/h9-14H,1-8H2,(H,26,27,28)/q-1. The van der Waals surface area contributed by atoms with E-state index < -0.39 is 32.4 Å². The van der Waals surface area contributed by atoms with E-state index in [-0.39, 0.29) is 7.14 Å². The molecule has 0 atom stereocenters. The van der Waals surface area contributed by atoms with Crippen LogP contribution in [0.3, 0.4) is 0 Å². The Hall–Kier alpha value is -1.13. The monoisotopic (exact) mass is 539 g/mol. The van der Waals surface area contributed by atoms with Gasteiger partial charge in [-0.1, -0.05) is 0 Å². The van der Waals surface area contributed by atoms with E-state index in [4.69, 9.17) is 0 Å². The summed E-state index contributed by atoms with van der Waals surface area (Å²) in [5, 5.41) is 0. The van der Waals surface area contributed by atoms with Gasteiger partial charge in [0.05, 0.1) is 0 Å². The SMILES string of the molecule is O=S(=O)(O)C(F)(F)[I-](F)(c1ccc2c(c1)CCCC2)c1ccc2c(c1)CCCC2. The molecule has 0 aliphatic heterocycles. The first kappa shape index (κ1) is 21.1. The van der Waals surface area contributed by atoms with Crippen LogP contribution in [0.25, 0.3) is 0 Å². The molecule has 4 rings (SSSR count). The van der Waals surface area contributed by atoms with E-state index in [1.165, 1.54) is 24.3 Å². The first-order chi connectivity index (χ1) is 13.6. The molecule has 29 heavy (non-hydrogen) atoms. The Balaban J connectivity index is 1.94.